The lowest BCUT2D eigenvalue weighted by Crippen LogP contribution is -2.47. The van der Waals surface area contributed by atoms with Gasteiger partial charge in [0.05, 0.1) is 0 Å². The van der Waals surface area contributed by atoms with Crippen LogP contribution in [0.3, 0.4) is 0 Å². The average molecular weight is 356 g/mol. The van der Waals surface area contributed by atoms with E-state index in [0.29, 0.717) is 28.9 Å². The summed E-state index contributed by atoms with van der Waals surface area (Å²) in [4.78, 5) is 14.6. The smallest absolute Gasteiger partial charge is 0.259 e. The predicted molar refractivity (Wildman–Crippen MR) is 92.2 cm³/mol. The Morgan fingerprint density at radius 2 is 2.13 bits per heavy atom. The van der Waals surface area contributed by atoms with Gasteiger partial charge < -0.3 is 14.7 Å². The zero-order chi connectivity index (χ0) is 15.5. The van der Waals surface area contributed by atoms with Gasteiger partial charge in [0.1, 0.15) is 17.5 Å². The lowest BCUT2D eigenvalue weighted by atomic mass is 10.0. The maximum absolute atomic E-state index is 12.8. The highest BCUT2D eigenvalue weighted by molar-refractivity contribution is 6.30. The van der Waals surface area contributed by atoms with E-state index < -0.39 is 0 Å². The van der Waals surface area contributed by atoms with Crippen molar-refractivity contribution in [3.63, 3.8) is 0 Å². The summed E-state index contributed by atoms with van der Waals surface area (Å²) in [5.41, 5.74) is 1.89. The lowest BCUT2D eigenvalue weighted by Gasteiger charge is -2.32. The summed E-state index contributed by atoms with van der Waals surface area (Å²) in [5, 5.41) is 7.88. The highest BCUT2D eigenvalue weighted by Crippen LogP contribution is 2.25. The first kappa shape index (κ1) is 17.8. The second-order valence-corrected chi connectivity index (χ2v) is 5.90. The van der Waals surface area contributed by atoms with E-state index in [9.17, 15) is 4.79 Å². The molecular formula is C16H19Cl2N3O2. The van der Waals surface area contributed by atoms with Gasteiger partial charge in [-0.25, -0.2) is 0 Å². The Bertz CT molecular complexity index is 658. The van der Waals surface area contributed by atoms with Gasteiger partial charge in [-0.3, -0.25) is 4.79 Å². The van der Waals surface area contributed by atoms with Crippen molar-refractivity contribution in [2.45, 2.75) is 18.9 Å². The van der Waals surface area contributed by atoms with Gasteiger partial charge in [0.25, 0.3) is 5.91 Å². The molecule has 1 aromatic heterocycles. The predicted octanol–water partition coefficient (Wildman–Crippen LogP) is 3.24. The zero-order valence-corrected chi connectivity index (χ0v) is 14.4. The number of nitrogens with zero attached hydrogens (tertiary/aromatic N) is 2. The Morgan fingerprint density at radius 1 is 1.39 bits per heavy atom. The van der Waals surface area contributed by atoms with E-state index in [1.807, 2.05) is 24.1 Å². The first-order valence-corrected chi connectivity index (χ1v) is 7.73. The van der Waals surface area contributed by atoms with Crippen LogP contribution < -0.4 is 5.32 Å². The van der Waals surface area contributed by atoms with E-state index in [1.54, 1.807) is 12.1 Å². The molecule has 0 aliphatic carbocycles. The van der Waals surface area contributed by atoms with Crippen LogP contribution in [0.15, 0.2) is 35.1 Å². The van der Waals surface area contributed by atoms with E-state index in [4.69, 9.17) is 16.1 Å². The van der Waals surface area contributed by atoms with Crippen LogP contribution in [0.1, 0.15) is 23.2 Å². The molecule has 1 unspecified atom stereocenters. The van der Waals surface area contributed by atoms with Crippen LogP contribution in [0, 0.1) is 0 Å². The molecule has 3 rings (SSSR count). The van der Waals surface area contributed by atoms with Crippen molar-refractivity contribution in [3.05, 3.63) is 41.1 Å². The monoisotopic (exact) mass is 355 g/mol. The number of benzene rings is 1. The summed E-state index contributed by atoms with van der Waals surface area (Å²) < 4.78 is 5.05. The maximum atomic E-state index is 12.8. The minimum atomic E-state index is -0.0360. The first-order valence-electron chi connectivity index (χ1n) is 7.36. The number of rotatable bonds is 3. The molecule has 1 fully saturated rings. The second kappa shape index (κ2) is 7.81. The minimum Gasteiger partial charge on any atom is -0.363 e. The molecule has 7 heteroatoms. The highest BCUT2D eigenvalue weighted by Gasteiger charge is 2.27. The SMILES string of the molecule is CNC1CCCN(C(=O)c2conc2-c2ccc(Cl)cc2)C1.Cl. The Morgan fingerprint density at radius 3 is 2.83 bits per heavy atom. The van der Waals surface area contributed by atoms with E-state index in [2.05, 4.69) is 10.5 Å². The number of nitrogens with one attached hydrogen (secondary N) is 1. The number of aromatic nitrogens is 1. The number of halogens is 2. The van der Waals surface area contributed by atoms with E-state index in [1.165, 1.54) is 6.26 Å². The molecular weight excluding hydrogens is 337 g/mol. The summed E-state index contributed by atoms with van der Waals surface area (Å²) >= 11 is 5.90. The van der Waals surface area contributed by atoms with Gasteiger partial charge in [-0.1, -0.05) is 28.9 Å². The van der Waals surface area contributed by atoms with Crippen molar-refractivity contribution in [3.8, 4) is 11.3 Å². The van der Waals surface area contributed by atoms with Crippen LogP contribution >= 0.6 is 24.0 Å². The third kappa shape index (κ3) is 3.86. The van der Waals surface area contributed by atoms with Gasteiger partial charge in [-0.2, -0.15) is 0 Å². The van der Waals surface area contributed by atoms with Crippen LogP contribution in [0.4, 0.5) is 0 Å². The fourth-order valence-electron chi connectivity index (χ4n) is 2.77. The number of likely N-dealkylation sites (tertiary alicyclic amines) is 1. The fourth-order valence-corrected chi connectivity index (χ4v) is 2.90. The molecule has 0 bridgehead atoms. The third-order valence-corrected chi connectivity index (χ3v) is 4.29. The van der Waals surface area contributed by atoms with E-state index >= 15 is 0 Å². The Hall–Kier alpha value is -1.56. The quantitative estimate of drug-likeness (QED) is 0.917. The molecule has 1 aromatic carbocycles. The highest BCUT2D eigenvalue weighted by atomic mass is 35.5. The largest absolute Gasteiger partial charge is 0.363 e. The van der Waals surface area contributed by atoms with E-state index in [0.717, 1.165) is 24.9 Å². The molecule has 5 nitrogen and oxygen atoms in total. The van der Waals surface area contributed by atoms with Gasteiger partial charge in [0, 0.05) is 29.7 Å². The minimum absolute atomic E-state index is 0. The first-order chi connectivity index (χ1) is 10.7. The van der Waals surface area contributed by atoms with Crippen molar-refractivity contribution in [2.24, 2.45) is 0 Å². The van der Waals surface area contributed by atoms with Gasteiger partial charge in [0.2, 0.25) is 0 Å². The molecule has 23 heavy (non-hydrogen) atoms. The standard InChI is InChI=1S/C16H18ClN3O2.ClH/c1-18-13-3-2-8-20(9-13)16(21)14-10-22-19-15(14)11-4-6-12(17)7-5-11;/h4-7,10,13,18H,2-3,8-9H2,1H3;1H. The molecule has 1 N–H and O–H groups in total. The Labute approximate surface area is 146 Å². The van der Waals surface area contributed by atoms with Gasteiger partial charge in [0.15, 0.2) is 0 Å². The van der Waals surface area contributed by atoms with Crippen molar-refractivity contribution in [1.29, 1.82) is 0 Å². The number of amides is 1. The molecule has 1 aliphatic rings. The molecule has 1 aliphatic heterocycles. The number of carbonyl (C=O) groups excluding carboxylic acids is 1. The van der Waals surface area contributed by atoms with Crippen LogP contribution in [-0.4, -0.2) is 42.1 Å². The molecule has 1 atom stereocenters. The summed E-state index contributed by atoms with van der Waals surface area (Å²) in [6.07, 6.45) is 3.52. The summed E-state index contributed by atoms with van der Waals surface area (Å²) in [6.45, 7) is 1.48. The third-order valence-electron chi connectivity index (χ3n) is 4.03. The van der Waals surface area contributed by atoms with Crippen LogP contribution in [-0.2, 0) is 0 Å². The van der Waals surface area contributed by atoms with Crippen molar-refractivity contribution in [1.82, 2.24) is 15.4 Å². The number of hydrogen-bond acceptors (Lipinski definition) is 4. The van der Waals surface area contributed by atoms with E-state index in [-0.39, 0.29) is 18.3 Å². The van der Waals surface area contributed by atoms with Gasteiger partial charge in [-0.05, 0) is 32.0 Å². The number of piperidine rings is 1. The number of carbonyl (C=O) groups is 1. The van der Waals surface area contributed by atoms with Gasteiger partial charge in [-0.15, -0.1) is 12.4 Å². The molecule has 2 heterocycles. The molecule has 0 saturated carbocycles. The molecule has 124 valence electrons. The summed E-state index contributed by atoms with van der Waals surface area (Å²) in [6, 6.07) is 7.57. The lowest BCUT2D eigenvalue weighted by molar-refractivity contribution is 0.0698. The van der Waals surface area contributed by atoms with Crippen molar-refractivity contribution >= 4 is 29.9 Å². The Balaban J connectivity index is 0.00000192. The molecule has 0 radical (unpaired) electrons. The number of likely N-dealkylation sites (N-methyl/N-ethyl adjacent to an activating group) is 1. The van der Waals surface area contributed by atoms with Crippen LogP contribution in [0.5, 0.6) is 0 Å². The maximum Gasteiger partial charge on any atom is 0.259 e. The zero-order valence-electron chi connectivity index (χ0n) is 12.8. The van der Waals surface area contributed by atoms with Gasteiger partial charge >= 0.3 is 0 Å². The molecule has 1 amide bonds. The van der Waals surface area contributed by atoms with Crippen LogP contribution in [0.25, 0.3) is 11.3 Å². The van der Waals surface area contributed by atoms with Crippen LogP contribution in [0.2, 0.25) is 5.02 Å². The summed E-state index contributed by atoms with van der Waals surface area (Å²) in [5.74, 6) is -0.0360. The molecule has 0 spiro atoms. The molecule has 1 saturated heterocycles. The van der Waals surface area contributed by atoms with Crippen molar-refractivity contribution in [2.75, 3.05) is 20.1 Å². The Kier molecular flexibility index (Phi) is 6.04. The number of hydrogen-bond donors (Lipinski definition) is 1. The average Bonchev–Trinajstić information content (AvgIpc) is 3.04. The van der Waals surface area contributed by atoms with Crippen molar-refractivity contribution < 1.29 is 9.32 Å². The summed E-state index contributed by atoms with van der Waals surface area (Å²) in [7, 11) is 1.93. The normalized spacial score (nSPS) is 17.7. The fraction of sp³-hybridized carbons (Fsp3) is 0.375. The topological polar surface area (TPSA) is 58.4 Å². The molecule has 2 aromatic rings. The second-order valence-electron chi connectivity index (χ2n) is 5.46.